The van der Waals surface area contributed by atoms with E-state index in [0.29, 0.717) is 24.7 Å². The first-order valence-corrected chi connectivity index (χ1v) is 6.95. The number of carbonyl (C=O) groups is 1. The highest BCUT2D eigenvalue weighted by Crippen LogP contribution is 2.19. The number of H-pyrrole nitrogens is 1. The van der Waals surface area contributed by atoms with E-state index < -0.39 is 4.92 Å². The van der Waals surface area contributed by atoms with Crippen molar-refractivity contribution in [3.63, 3.8) is 0 Å². The number of carbonyl (C=O) groups excluding carboxylic acids is 1. The molecule has 1 aliphatic heterocycles. The lowest BCUT2D eigenvalue weighted by atomic mass is 9.96. The Balaban J connectivity index is 1.89. The topological polar surface area (TPSA) is 91.3 Å². The third-order valence-corrected chi connectivity index (χ3v) is 3.68. The lowest BCUT2D eigenvalue weighted by Gasteiger charge is -2.31. The Kier molecular flexibility index (Phi) is 4.73. The summed E-state index contributed by atoms with van der Waals surface area (Å²) in [6.07, 6.45) is 1.95. The first kappa shape index (κ1) is 14.5. The SMILES string of the molecule is CCNCC1CCN(C(=O)c2ccc([N+](=O)[O-])[nH]2)CC1. The van der Waals surface area contributed by atoms with E-state index in [2.05, 4.69) is 17.2 Å². The molecule has 1 aromatic heterocycles. The lowest BCUT2D eigenvalue weighted by molar-refractivity contribution is -0.389. The predicted octanol–water partition coefficient (Wildman–Crippen LogP) is 1.38. The molecule has 0 aliphatic carbocycles. The monoisotopic (exact) mass is 280 g/mol. The van der Waals surface area contributed by atoms with Gasteiger partial charge in [0.15, 0.2) is 5.69 Å². The van der Waals surface area contributed by atoms with Gasteiger partial charge >= 0.3 is 5.82 Å². The molecule has 1 aromatic rings. The lowest BCUT2D eigenvalue weighted by Crippen LogP contribution is -2.40. The minimum atomic E-state index is -0.528. The Hall–Kier alpha value is -1.89. The van der Waals surface area contributed by atoms with Crippen molar-refractivity contribution in [2.75, 3.05) is 26.2 Å². The van der Waals surface area contributed by atoms with E-state index >= 15 is 0 Å². The fourth-order valence-corrected chi connectivity index (χ4v) is 2.47. The van der Waals surface area contributed by atoms with Gasteiger partial charge in [-0.15, -0.1) is 0 Å². The van der Waals surface area contributed by atoms with Crippen molar-refractivity contribution in [2.45, 2.75) is 19.8 Å². The molecule has 7 heteroatoms. The third-order valence-electron chi connectivity index (χ3n) is 3.68. The maximum absolute atomic E-state index is 12.2. The van der Waals surface area contributed by atoms with Crippen molar-refractivity contribution >= 4 is 11.7 Å². The molecule has 0 atom stereocenters. The third kappa shape index (κ3) is 3.36. The largest absolute Gasteiger partial charge is 0.358 e. The first-order chi connectivity index (χ1) is 9.61. The number of hydrogen-bond donors (Lipinski definition) is 2. The van der Waals surface area contributed by atoms with Crippen LogP contribution in [0.1, 0.15) is 30.3 Å². The molecule has 7 nitrogen and oxygen atoms in total. The van der Waals surface area contributed by atoms with E-state index in [1.807, 2.05) is 0 Å². The molecule has 0 bridgehead atoms. The maximum atomic E-state index is 12.2. The highest BCUT2D eigenvalue weighted by molar-refractivity contribution is 5.93. The predicted molar refractivity (Wildman–Crippen MR) is 74.6 cm³/mol. The molecular weight excluding hydrogens is 260 g/mol. The van der Waals surface area contributed by atoms with Crippen LogP contribution in [0.25, 0.3) is 0 Å². The molecule has 1 saturated heterocycles. The molecular formula is C13H20N4O3. The normalized spacial score (nSPS) is 16.4. The summed E-state index contributed by atoms with van der Waals surface area (Å²) in [5.74, 6) is 0.312. The minimum Gasteiger partial charge on any atom is -0.358 e. The van der Waals surface area contributed by atoms with Gasteiger partial charge in [0.2, 0.25) is 0 Å². The highest BCUT2D eigenvalue weighted by Gasteiger charge is 2.26. The van der Waals surface area contributed by atoms with Crippen molar-refractivity contribution in [3.8, 4) is 0 Å². The summed E-state index contributed by atoms with van der Waals surface area (Å²) in [7, 11) is 0. The molecule has 0 aromatic carbocycles. The summed E-state index contributed by atoms with van der Waals surface area (Å²) in [5, 5.41) is 13.9. The minimum absolute atomic E-state index is 0.143. The van der Waals surface area contributed by atoms with Gasteiger partial charge in [0.1, 0.15) is 0 Å². The van der Waals surface area contributed by atoms with Gasteiger partial charge in [-0.1, -0.05) is 6.92 Å². The van der Waals surface area contributed by atoms with E-state index in [-0.39, 0.29) is 11.7 Å². The van der Waals surface area contributed by atoms with E-state index in [4.69, 9.17) is 0 Å². The van der Waals surface area contributed by atoms with Crippen LogP contribution >= 0.6 is 0 Å². The van der Waals surface area contributed by atoms with Gasteiger partial charge < -0.3 is 20.3 Å². The molecule has 0 radical (unpaired) electrons. The number of piperidine rings is 1. The number of aromatic amines is 1. The molecule has 0 unspecified atom stereocenters. The Labute approximate surface area is 117 Å². The van der Waals surface area contributed by atoms with Crippen molar-refractivity contribution in [2.24, 2.45) is 5.92 Å². The molecule has 1 fully saturated rings. The van der Waals surface area contributed by atoms with Gasteiger partial charge in [0, 0.05) is 19.2 Å². The van der Waals surface area contributed by atoms with Gasteiger partial charge in [-0.3, -0.25) is 4.79 Å². The first-order valence-electron chi connectivity index (χ1n) is 6.95. The average molecular weight is 280 g/mol. The smallest absolute Gasteiger partial charge is 0.321 e. The van der Waals surface area contributed by atoms with Crippen LogP contribution < -0.4 is 5.32 Å². The van der Waals surface area contributed by atoms with Crippen molar-refractivity contribution in [1.29, 1.82) is 0 Å². The van der Waals surface area contributed by atoms with E-state index in [9.17, 15) is 14.9 Å². The molecule has 2 heterocycles. The molecule has 2 rings (SSSR count). The van der Waals surface area contributed by atoms with Crippen molar-refractivity contribution < 1.29 is 9.72 Å². The molecule has 1 amide bonds. The Bertz CT molecular complexity index is 478. The van der Waals surface area contributed by atoms with Gasteiger partial charge in [-0.25, -0.2) is 4.98 Å². The summed E-state index contributed by atoms with van der Waals surface area (Å²) >= 11 is 0. The van der Waals surface area contributed by atoms with Crippen LogP contribution in [0, 0.1) is 16.0 Å². The summed E-state index contributed by atoms with van der Waals surface area (Å²) < 4.78 is 0. The number of aromatic nitrogens is 1. The second kappa shape index (κ2) is 6.51. The summed E-state index contributed by atoms with van der Waals surface area (Å²) in [5.41, 5.74) is 0.293. The zero-order valence-electron chi connectivity index (χ0n) is 11.6. The van der Waals surface area contributed by atoms with Crippen molar-refractivity contribution in [1.82, 2.24) is 15.2 Å². The van der Waals surface area contributed by atoms with Gasteiger partial charge in [0.25, 0.3) is 5.91 Å². The highest BCUT2D eigenvalue weighted by atomic mass is 16.6. The fraction of sp³-hybridized carbons (Fsp3) is 0.615. The molecule has 110 valence electrons. The van der Waals surface area contributed by atoms with Crippen LogP contribution in [0.5, 0.6) is 0 Å². The molecule has 0 spiro atoms. The maximum Gasteiger partial charge on any atom is 0.321 e. The number of rotatable bonds is 5. The Morgan fingerprint density at radius 2 is 2.20 bits per heavy atom. The Morgan fingerprint density at radius 1 is 1.50 bits per heavy atom. The second-order valence-electron chi connectivity index (χ2n) is 5.06. The summed E-state index contributed by atoms with van der Waals surface area (Å²) in [4.78, 5) is 26.6. The van der Waals surface area contributed by atoms with Gasteiger partial charge in [0.05, 0.1) is 0 Å². The zero-order valence-corrected chi connectivity index (χ0v) is 11.6. The van der Waals surface area contributed by atoms with Crippen LogP contribution in [-0.4, -0.2) is 46.9 Å². The standard InChI is InChI=1S/C13H20N4O3/c1-2-14-9-10-5-7-16(8-6-10)13(18)11-3-4-12(15-11)17(19)20/h3-4,10,14-15H,2,5-9H2,1H3. The quantitative estimate of drug-likeness (QED) is 0.629. The number of likely N-dealkylation sites (tertiary alicyclic amines) is 1. The molecule has 0 saturated carbocycles. The number of nitrogens with zero attached hydrogens (tertiary/aromatic N) is 2. The number of amides is 1. The van der Waals surface area contributed by atoms with Crippen LogP contribution in [0.3, 0.4) is 0 Å². The van der Waals surface area contributed by atoms with Crippen molar-refractivity contribution in [3.05, 3.63) is 27.9 Å². The van der Waals surface area contributed by atoms with E-state index in [1.165, 1.54) is 12.1 Å². The van der Waals surface area contributed by atoms with Gasteiger partial charge in [-0.2, -0.15) is 0 Å². The molecule has 1 aliphatic rings. The molecule has 2 N–H and O–H groups in total. The molecule has 20 heavy (non-hydrogen) atoms. The second-order valence-corrected chi connectivity index (χ2v) is 5.06. The number of nitrogens with one attached hydrogen (secondary N) is 2. The number of nitro groups is 1. The fourth-order valence-electron chi connectivity index (χ4n) is 2.47. The average Bonchev–Trinajstić information content (AvgIpc) is 2.95. The van der Waals surface area contributed by atoms with Crippen LogP contribution in [0.4, 0.5) is 5.82 Å². The van der Waals surface area contributed by atoms with Crippen LogP contribution in [0.15, 0.2) is 12.1 Å². The zero-order chi connectivity index (χ0) is 14.5. The summed E-state index contributed by atoms with van der Waals surface area (Å²) in [6, 6.07) is 2.80. The van der Waals surface area contributed by atoms with E-state index in [1.54, 1.807) is 4.90 Å². The van der Waals surface area contributed by atoms with Gasteiger partial charge in [-0.05, 0) is 42.8 Å². The van der Waals surface area contributed by atoms with Crippen LogP contribution in [-0.2, 0) is 0 Å². The summed E-state index contributed by atoms with van der Waals surface area (Å²) in [6.45, 7) is 5.46. The number of hydrogen-bond acceptors (Lipinski definition) is 4. The van der Waals surface area contributed by atoms with Crippen LogP contribution in [0.2, 0.25) is 0 Å². The van der Waals surface area contributed by atoms with E-state index in [0.717, 1.165) is 25.9 Å². The Morgan fingerprint density at radius 3 is 2.75 bits per heavy atom.